The summed E-state index contributed by atoms with van der Waals surface area (Å²) in [5.41, 5.74) is 0. The van der Waals surface area contributed by atoms with Crippen LogP contribution >= 0.6 is 23.5 Å². The zero-order valence-electron chi connectivity index (χ0n) is 7.51. The van der Waals surface area contributed by atoms with E-state index in [2.05, 4.69) is 24.9 Å². The Balaban J connectivity index is 2.21. The van der Waals surface area contributed by atoms with Crippen molar-refractivity contribution in [3.63, 3.8) is 0 Å². The Labute approximate surface area is 78.9 Å². The minimum atomic E-state index is 1.01. The molecule has 1 saturated heterocycles. The minimum Gasteiger partial charge on any atom is -0.165 e. The molecule has 2 unspecified atom stereocenters. The van der Waals surface area contributed by atoms with Crippen molar-refractivity contribution in [1.82, 2.24) is 0 Å². The van der Waals surface area contributed by atoms with Crippen molar-refractivity contribution in [2.24, 2.45) is 11.8 Å². The van der Waals surface area contributed by atoms with Gasteiger partial charge in [-0.1, -0.05) is 13.3 Å². The summed E-state index contributed by atoms with van der Waals surface area (Å²) in [6, 6.07) is 0. The van der Waals surface area contributed by atoms with Gasteiger partial charge in [-0.15, -0.1) is 0 Å². The van der Waals surface area contributed by atoms with E-state index in [9.17, 15) is 0 Å². The third kappa shape index (κ3) is 3.29. The van der Waals surface area contributed by atoms with E-state index in [1.165, 1.54) is 30.1 Å². The van der Waals surface area contributed by atoms with Crippen LogP contribution in [0.2, 0.25) is 0 Å². The van der Waals surface area contributed by atoms with Crippen LogP contribution in [0.3, 0.4) is 0 Å². The van der Waals surface area contributed by atoms with E-state index in [1.807, 2.05) is 11.8 Å². The summed E-state index contributed by atoms with van der Waals surface area (Å²) in [5, 5.41) is 0. The number of rotatable bonds is 3. The predicted octanol–water partition coefficient (Wildman–Crippen LogP) is 3.13. The van der Waals surface area contributed by atoms with Crippen LogP contribution in [0.1, 0.15) is 19.8 Å². The van der Waals surface area contributed by atoms with Gasteiger partial charge >= 0.3 is 0 Å². The van der Waals surface area contributed by atoms with Crippen LogP contribution in [0.4, 0.5) is 0 Å². The van der Waals surface area contributed by atoms with E-state index in [0.29, 0.717) is 0 Å². The summed E-state index contributed by atoms with van der Waals surface area (Å²) in [5.74, 6) is 6.24. The van der Waals surface area contributed by atoms with Gasteiger partial charge in [0.1, 0.15) is 0 Å². The first-order valence-electron chi connectivity index (χ1n) is 4.43. The van der Waals surface area contributed by atoms with Gasteiger partial charge in [-0.3, -0.25) is 0 Å². The fraction of sp³-hybridized carbons (Fsp3) is 1.00. The largest absolute Gasteiger partial charge is 0.165 e. The fourth-order valence-electron chi connectivity index (χ4n) is 1.65. The first kappa shape index (κ1) is 9.79. The molecule has 0 aromatic rings. The van der Waals surface area contributed by atoms with E-state index < -0.39 is 0 Å². The summed E-state index contributed by atoms with van der Waals surface area (Å²) >= 11 is 4.17. The SMILES string of the molecule is CCC1CSCC(CSC)C1. The van der Waals surface area contributed by atoms with Crippen LogP contribution in [-0.4, -0.2) is 23.5 Å². The van der Waals surface area contributed by atoms with Crippen LogP contribution in [0.25, 0.3) is 0 Å². The molecule has 0 radical (unpaired) electrons. The summed E-state index contributed by atoms with van der Waals surface area (Å²) in [6.45, 7) is 2.33. The Morgan fingerprint density at radius 3 is 2.73 bits per heavy atom. The summed E-state index contributed by atoms with van der Waals surface area (Å²) in [6.07, 6.45) is 5.10. The molecule has 0 aromatic carbocycles. The van der Waals surface area contributed by atoms with Crippen molar-refractivity contribution in [3.05, 3.63) is 0 Å². The van der Waals surface area contributed by atoms with Crippen molar-refractivity contribution in [2.75, 3.05) is 23.5 Å². The molecule has 66 valence electrons. The van der Waals surface area contributed by atoms with Gasteiger partial charge in [-0.2, -0.15) is 23.5 Å². The summed E-state index contributed by atoms with van der Waals surface area (Å²) in [7, 11) is 0. The monoisotopic (exact) mass is 190 g/mol. The van der Waals surface area contributed by atoms with Crippen LogP contribution in [0.5, 0.6) is 0 Å². The lowest BCUT2D eigenvalue weighted by Crippen LogP contribution is -2.20. The van der Waals surface area contributed by atoms with E-state index >= 15 is 0 Å². The van der Waals surface area contributed by atoms with Gasteiger partial charge in [0.25, 0.3) is 0 Å². The molecule has 1 heterocycles. The molecule has 0 nitrogen and oxygen atoms in total. The van der Waals surface area contributed by atoms with Crippen molar-refractivity contribution in [3.8, 4) is 0 Å². The van der Waals surface area contributed by atoms with E-state index in [-0.39, 0.29) is 0 Å². The van der Waals surface area contributed by atoms with Gasteiger partial charge in [0.05, 0.1) is 0 Å². The molecule has 1 aliphatic rings. The van der Waals surface area contributed by atoms with Gasteiger partial charge in [0.2, 0.25) is 0 Å². The smallest absolute Gasteiger partial charge is 0.00310 e. The molecule has 0 aromatic heterocycles. The lowest BCUT2D eigenvalue weighted by Gasteiger charge is -2.27. The van der Waals surface area contributed by atoms with Crippen molar-refractivity contribution in [1.29, 1.82) is 0 Å². The Morgan fingerprint density at radius 2 is 2.09 bits per heavy atom. The van der Waals surface area contributed by atoms with Crippen molar-refractivity contribution in [2.45, 2.75) is 19.8 Å². The molecular weight excluding hydrogens is 172 g/mol. The number of hydrogen-bond donors (Lipinski definition) is 0. The van der Waals surface area contributed by atoms with Crippen LogP contribution in [0.15, 0.2) is 0 Å². The first-order chi connectivity index (χ1) is 5.36. The lowest BCUT2D eigenvalue weighted by atomic mass is 9.96. The Kier molecular flexibility index (Phi) is 4.77. The molecule has 0 aliphatic carbocycles. The highest BCUT2D eigenvalue weighted by Gasteiger charge is 2.20. The maximum absolute atomic E-state index is 2.33. The van der Waals surface area contributed by atoms with Gasteiger partial charge in [0.15, 0.2) is 0 Å². The highest BCUT2D eigenvalue weighted by Crippen LogP contribution is 2.30. The van der Waals surface area contributed by atoms with E-state index in [0.717, 1.165) is 11.8 Å². The van der Waals surface area contributed by atoms with Crippen molar-refractivity contribution < 1.29 is 0 Å². The Morgan fingerprint density at radius 1 is 1.36 bits per heavy atom. The van der Waals surface area contributed by atoms with E-state index in [4.69, 9.17) is 0 Å². The number of hydrogen-bond acceptors (Lipinski definition) is 2. The fourth-order valence-corrected chi connectivity index (χ4v) is 3.95. The third-order valence-corrected chi connectivity index (χ3v) is 4.57. The molecule has 1 rings (SSSR count). The Bertz CT molecular complexity index is 102. The molecule has 1 aliphatic heterocycles. The zero-order valence-corrected chi connectivity index (χ0v) is 9.14. The maximum atomic E-state index is 2.33. The average Bonchev–Trinajstić information content (AvgIpc) is 2.06. The Hall–Kier alpha value is 0.700. The molecule has 0 spiro atoms. The average molecular weight is 190 g/mol. The second-order valence-corrected chi connectivity index (χ2v) is 5.35. The lowest BCUT2D eigenvalue weighted by molar-refractivity contribution is 0.430. The zero-order chi connectivity index (χ0) is 8.10. The second kappa shape index (κ2) is 5.36. The quantitative estimate of drug-likeness (QED) is 0.670. The number of thioether (sulfide) groups is 2. The van der Waals surface area contributed by atoms with E-state index in [1.54, 1.807) is 0 Å². The predicted molar refractivity (Wildman–Crippen MR) is 57.6 cm³/mol. The second-order valence-electron chi connectivity index (χ2n) is 3.37. The van der Waals surface area contributed by atoms with Gasteiger partial charge in [-0.05, 0) is 41.8 Å². The molecule has 11 heavy (non-hydrogen) atoms. The standard InChI is InChI=1S/C9H18S2/c1-3-8-4-9(5-10-2)7-11-6-8/h8-9H,3-7H2,1-2H3. The summed E-state index contributed by atoms with van der Waals surface area (Å²) < 4.78 is 0. The molecule has 0 saturated carbocycles. The minimum absolute atomic E-state index is 1.01. The molecule has 2 heteroatoms. The van der Waals surface area contributed by atoms with Gasteiger partial charge in [-0.25, -0.2) is 0 Å². The van der Waals surface area contributed by atoms with Crippen LogP contribution in [0, 0.1) is 11.8 Å². The topological polar surface area (TPSA) is 0 Å². The molecule has 1 fully saturated rings. The molecule has 0 amide bonds. The molecular formula is C9H18S2. The normalized spacial score (nSPS) is 32.2. The van der Waals surface area contributed by atoms with Gasteiger partial charge in [0, 0.05) is 0 Å². The molecule has 0 N–H and O–H groups in total. The van der Waals surface area contributed by atoms with Crippen molar-refractivity contribution >= 4 is 23.5 Å². The third-order valence-electron chi connectivity index (χ3n) is 2.35. The summed E-state index contributed by atoms with van der Waals surface area (Å²) in [4.78, 5) is 0. The highest BCUT2D eigenvalue weighted by atomic mass is 32.2. The van der Waals surface area contributed by atoms with Crippen LogP contribution < -0.4 is 0 Å². The first-order valence-corrected chi connectivity index (χ1v) is 6.98. The van der Waals surface area contributed by atoms with Gasteiger partial charge < -0.3 is 0 Å². The van der Waals surface area contributed by atoms with Crippen LogP contribution in [-0.2, 0) is 0 Å². The maximum Gasteiger partial charge on any atom is -0.00310 e. The highest BCUT2D eigenvalue weighted by molar-refractivity contribution is 7.99. The molecule has 2 atom stereocenters. The molecule has 0 bridgehead atoms.